The van der Waals surface area contributed by atoms with E-state index in [1.807, 2.05) is 0 Å². The molecular weight excluding hydrogens is 434 g/mol. The van der Waals surface area contributed by atoms with Gasteiger partial charge in [-0.2, -0.15) is 9.90 Å². The van der Waals surface area contributed by atoms with Gasteiger partial charge < -0.3 is 0 Å². The number of tetrazole rings is 1. The van der Waals surface area contributed by atoms with Crippen molar-refractivity contribution >= 4 is 58.5 Å². The second kappa shape index (κ2) is 8.67. The highest BCUT2D eigenvalue weighted by atomic mass is 35.5. The number of hydrazone groups is 1. The minimum absolute atomic E-state index is 0.186. The summed E-state index contributed by atoms with van der Waals surface area (Å²) in [4.78, 5) is 13.1. The second-order valence-electron chi connectivity index (χ2n) is 5.23. The molecule has 0 unspecified atom stereocenters. The van der Waals surface area contributed by atoms with E-state index in [1.165, 1.54) is 6.21 Å². The Morgan fingerprint density at radius 3 is 2.44 bits per heavy atom. The van der Waals surface area contributed by atoms with E-state index in [1.54, 1.807) is 36.4 Å². The Bertz CT molecular complexity index is 979. The normalized spacial score (nSPS) is 11.1. The number of aromatic nitrogens is 4. The molecule has 1 heterocycles. The van der Waals surface area contributed by atoms with Gasteiger partial charge in [0.05, 0.1) is 16.3 Å². The zero-order chi connectivity index (χ0) is 19.4. The van der Waals surface area contributed by atoms with Crippen LogP contribution in [0.5, 0.6) is 0 Å². The summed E-state index contributed by atoms with van der Waals surface area (Å²) in [6.07, 6.45) is 1.36. The van der Waals surface area contributed by atoms with E-state index in [-0.39, 0.29) is 6.54 Å². The number of hydrogen-bond donors (Lipinski definition) is 1. The first-order valence-electron chi connectivity index (χ1n) is 7.42. The van der Waals surface area contributed by atoms with Crippen molar-refractivity contribution in [1.82, 2.24) is 25.6 Å². The summed E-state index contributed by atoms with van der Waals surface area (Å²) >= 11 is 23.9. The Morgan fingerprint density at radius 2 is 1.78 bits per heavy atom. The largest absolute Gasteiger partial charge is 0.271 e. The molecule has 0 bridgehead atoms. The van der Waals surface area contributed by atoms with Crippen molar-refractivity contribution in [3.05, 3.63) is 62.1 Å². The van der Waals surface area contributed by atoms with Gasteiger partial charge in [0.25, 0.3) is 5.91 Å². The van der Waals surface area contributed by atoms with Crippen molar-refractivity contribution in [2.24, 2.45) is 5.10 Å². The summed E-state index contributed by atoms with van der Waals surface area (Å²) < 4.78 is 0. The fourth-order valence-electron chi connectivity index (χ4n) is 2.08. The van der Waals surface area contributed by atoms with Crippen molar-refractivity contribution in [1.29, 1.82) is 0 Å². The fourth-order valence-corrected chi connectivity index (χ4v) is 3.10. The Balaban J connectivity index is 1.63. The Morgan fingerprint density at radius 1 is 1.11 bits per heavy atom. The average molecular weight is 444 g/mol. The molecule has 0 aliphatic rings. The van der Waals surface area contributed by atoms with Crippen molar-refractivity contribution in [3.63, 3.8) is 0 Å². The van der Waals surface area contributed by atoms with Crippen LogP contribution in [0.15, 0.2) is 41.5 Å². The maximum absolute atomic E-state index is 12.0. The molecule has 0 spiro atoms. The molecule has 0 saturated carbocycles. The lowest BCUT2D eigenvalue weighted by Gasteiger charge is -2.01. The van der Waals surface area contributed by atoms with Crippen molar-refractivity contribution < 1.29 is 4.79 Å². The highest BCUT2D eigenvalue weighted by Gasteiger charge is 2.10. The molecule has 0 atom stereocenters. The Hall–Kier alpha value is -2.19. The number of rotatable bonds is 5. The minimum atomic E-state index is -0.456. The first-order valence-corrected chi connectivity index (χ1v) is 8.94. The van der Waals surface area contributed by atoms with Crippen LogP contribution in [0.3, 0.4) is 0 Å². The monoisotopic (exact) mass is 442 g/mol. The van der Waals surface area contributed by atoms with Gasteiger partial charge in [-0.3, -0.25) is 4.79 Å². The van der Waals surface area contributed by atoms with Gasteiger partial charge in [0, 0.05) is 21.2 Å². The molecule has 1 N–H and O–H groups in total. The van der Waals surface area contributed by atoms with Crippen LogP contribution in [-0.2, 0) is 11.3 Å². The molecule has 3 rings (SSSR count). The summed E-state index contributed by atoms with van der Waals surface area (Å²) in [5.74, 6) is -0.166. The topological polar surface area (TPSA) is 85.1 Å². The quantitative estimate of drug-likeness (QED) is 0.475. The zero-order valence-electron chi connectivity index (χ0n) is 13.4. The van der Waals surface area contributed by atoms with Gasteiger partial charge in [-0.15, -0.1) is 10.2 Å². The van der Waals surface area contributed by atoms with Crippen molar-refractivity contribution in [3.8, 4) is 11.4 Å². The van der Waals surface area contributed by atoms with Crippen LogP contribution in [0.4, 0.5) is 0 Å². The highest BCUT2D eigenvalue weighted by Crippen LogP contribution is 2.24. The van der Waals surface area contributed by atoms with Crippen LogP contribution in [-0.4, -0.2) is 32.3 Å². The highest BCUT2D eigenvalue weighted by molar-refractivity contribution is 6.38. The molecule has 1 amide bonds. The van der Waals surface area contributed by atoms with Crippen LogP contribution < -0.4 is 5.43 Å². The van der Waals surface area contributed by atoms with E-state index in [0.29, 0.717) is 37.0 Å². The minimum Gasteiger partial charge on any atom is -0.271 e. The van der Waals surface area contributed by atoms with Gasteiger partial charge in [0.1, 0.15) is 6.54 Å². The smallest absolute Gasteiger partial charge is 0.263 e. The molecule has 7 nitrogen and oxygen atoms in total. The third-order valence-corrected chi connectivity index (χ3v) is 4.34. The maximum Gasteiger partial charge on any atom is 0.263 e. The van der Waals surface area contributed by atoms with E-state index >= 15 is 0 Å². The molecule has 27 heavy (non-hydrogen) atoms. The van der Waals surface area contributed by atoms with Crippen LogP contribution in [0.2, 0.25) is 20.1 Å². The standard InChI is InChI=1S/C16H10Cl4N6O/c17-10-4-9(5-11(18)6-10)16-23-25-26(24-16)8-15(27)22-21-7-12-13(19)2-1-3-14(12)20/h1-7H,8H2,(H,22,27)/b21-7-. The Kier molecular flexibility index (Phi) is 6.28. The van der Waals surface area contributed by atoms with Gasteiger partial charge in [0.2, 0.25) is 5.82 Å². The summed E-state index contributed by atoms with van der Waals surface area (Å²) in [7, 11) is 0. The van der Waals surface area contributed by atoms with Crippen LogP contribution in [0.25, 0.3) is 11.4 Å². The number of benzene rings is 2. The lowest BCUT2D eigenvalue weighted by atomic mass is 10.2. The molecular formula is C16H10Cl4N6O. The van der Waals surface area contributed by atoms with E-state index in [2.05, 4.69) is 25.9 Å². The zero-order valence-corrected chi connectivity index (χ0v) is 16.4. The average Bonchev–Trinajstić information content (AvgIpc) is 3.05. The van der Waals surface area contributed by atoms with Gasteiger partial charge >= 0.3 is 0 Å². The van der Waals surface area contributed by atoms with E-state index in [9.17, 15) is 4.79 Å². The van der Waals surface area contributed by atoms with E-state index in [4.69, 9.17) is 46.4 Å². The summed E-state index contributed by atoms with van der Waals surface area (Å²) in [5.41, 5.74) is 3.43. The Labute approximate surface area is 173 Å². The first-order chi connectivity index (χ1) is 12.9. The molecule has 1 aromatic heterocycles. The van der Waals surface area contributed by atoms with Crippen LogP contribution in [0.1, 0.15) is 5.56 Å². The molecule has 0 radical (unpaired) electrons. The molecule has 138 valence electrons. The number of carbonyl (C=O) groups excluding carboxylic acids is 1. The summed E-state index contributed by atoms with van der Waals surface area (Å²) in [6.45, 7) is -0.186. The molecule has 3 aromatic rings. The van der Waals surface area contributed by atoms with E-state index < -0.39 is 5.91 Å². The number of nitrogens with zero attached hydrogens (tertiary/aromatic N) is 5. The number of halogens is 4. The second-order valence-corrected chi connectivity index (χ2v) is 6.92. The third kappa shape index (κ3) is 5.17. The maximum atomic E-state index is 12.0. The number of amides is 1. The predicted octanol–water partition coefficient (Wildman–Crippen LogP) is 4.10. The van der Waals surface area contributed by atoms with Crippen molar-refractivity contribution in [2.45, 2.75) is 6.54 Å². The molecule has 0 aliphatic heterocycles. The molecule has 0 aliphatic carbocycles. The summed E-state index contributed by atoms with van der Waals surface area (Å²) in [6, 6.07) is 9.92. The van der Waals surface area contributed by atoms with Crippen LogP contribution in [0, 0.1) is 0 Å². The van der Waals surface area contributed by atoms with Crippen molar-refractivity contribution in [2.75, 3.05) is 0 Å². The third-order valence-electron chi connectivity index (χ3n) is 3.24. The van der Waals surface area contributed by atoms with Gasteiger partial charge in [-0.25, -0.2) is 5.43 Å². The summed E-state index contributed by atoms with van der Waals surface area (Å²) in [5, 5.41) is 17.4. The number of nitrogens with one attached hydrogen (secondary N) is 1. The fraction of sp³-hybridized carbons (Fsp3) is 0.0625. The number of hydrogen-bond acceptors (Lipinski definition) is 5. The lowest BCUT2D eigenvalue weighted by molar-refractivity contribution is -0.122. The van der Waals surface area contributed by atoms with Gasteiger partial charge in [-0.05, 0) is 35.5 Å². The lowest BCUT2D eigenvalue weighted by Crippen LogP contribution is -2.24. The molecule has 2 aromatic carbocycles. The van der Waals surface area contributed by atoms with Crippen LogP contribution >= 0.6 is 46.4 Å². The molecule has 11 heteroatoms. The van der Waals surface area contributed by atoms with Gasteiger partial charge in [0.15, 0.2) is 0 Å². The predicted molar refractivity (Wildman–Crippen MR) is 105 cm³/mol. The molecule has 0 fully saturated rings. The number of carbonyl (C=O) groups is 1. The first kappa shape index (κ1) is 19.6. The molecule has 0 saturated heterocycles. The van der Waals surface area contributed by atoms with E-state index in [0.717, 1.165) is 4.80 Å². The van der Waals surface area contributed by atoms with Gasteiger partial charge in [-0.1, -0.05) is 52.5 Å². The SMILES string of the molecule is O=C(Cn1nnc(-c2cc(Cl)cc(Cl)c2)n1)N/N=C\c1c(Cl)cccc1Cl.